The first-order valence-electron chi connectivity index (χ1n) is 9.56. The molecule has 1 aromatic carbocycles. The number of amides is 1. The molecule has 0 aliphatic carbocycles. The minimum atomic E-state index is -0.684. The maximum absolute atomic E-state index is 13.1. The first kappa shape index (κ1) is 22.0. The molecule has 2 aliphatic heterocycles. The van der Waals surface area contributed by atoms with Crippen molar-refractivity contribution in [2.45, 2.75) is 31.6 Å². The zero-order valence-electron chi connectivity index (χ0n) is 17.3. The highest BCUT2D eigenvalue weighted by molar-refractivity contribution is 8.15. The van der Waals surface area contributed by atoms with Crippen LogP contribution in [0.2, 0.25) is 0 Å². The Kier molecular flexibility index (Phi) is 6.94. The molecule has 0 aromatic heterocycles. The molecule has 1 amide bonds. The number of fused-ring (bicyclic) bond motifs is 1. The number of carbonyl (C=O) groups excluding carboxylic acids is 3. The molecular weight excluding hydrogens is 408 g/mol. The second-order valence-electron chi connectivity index (χ2n) is 6.76. The Morgan fingerprint density at radius 2 is 1.83 bits per heavy atom. The Morgan fingerprint density at radius 3 is 2.43 bits per heavy atom. The van der Waals surface area contributed by atoms with E-state index in [1.807, 2.05) is 6.92 Å². The lowest BCUT2D eigenvalue weighted by Crippen LogP contribution is -2.41. The lowest BCUT2D eigenvalue weighted by molar-refractivity contribution is -0.141. The van der Waals surface area contributed by atoms with Gasteiger partial charge in [0.1, 0.15) is 6.61 Å². The highest BCUT2D eigenvalue weighted by Gasteiger charge is 2.47. The lowest BCUT2D eigenvalue weighted by atomic mass is 9.93. The van der Waals surface area contributed by atoms with Crippen molar-refractivity contribution in [3.05, 3.63) is 46.7 Å². The third kappa shape index (κ3) is 4.13. The van der Waals surface area contributed by atoms with E-state index in [2.05, 4.69) is 4.99 Å². The van der Waals surface area contributed by atoms with Gasteiger partial charge in [-0.2, -0.15) is 0 Å². The van der Waals surface area contributed by atoms with Gasteiger partial charge in [0.2, 0.25) is 5.91 Å². The van der Waals surface area contributed by atoms with E-state index < -0.39 is 18.0 Å². The monoisotopic (exact) mass is 432 g/mol. The smallest absolute Gasteiger partial charge is 0.338 e. The van der Waals surface area contributed by atoms with E-state index in [0.29, 0.717) is 34.0 Å². The van der Waals surface area contributed by atoms with Crippen LogP contribution in [0.1, 0.15) is 42.2 Å². The van der Waals surface area contributed by atoms with Crippen LogP contribution < -0.4 is 0 Å². The number of amidine groups is 1. The van der Waals surface area contributed by atoms with Gasteiger partial charge in [0.15, 0.2) is 5.17 Å². The van der Waals surface area contributed by atoms with E-state index in [9.17, 15) is 14.4 Å². The van der Waals surface area contributed by atoms with Crippen molar-refractivity contribution in [3.8, 4) is 0 Å². The van der Waals surface area contributed by atoms with E-state index >= 15 is 0 Å². The summed E-state index contributed by atoms with van der Waals surface area (Å²) in [6.45, 7) is 4.03. The van der Waals surface area contributed by atoms with Crippen molar-refractivity contribution in [2.75, 3.05) is 27.4 Å². The van der Waals surface area contributed by atoms with Gasteiger partial charge >= 0.3 is 11.9 Å². The van der Waals surface area contributed by atoms with Crippen molar-refractivity contribution >= 4 is 34.8 Å². The number of carbonyl (C=O) groups is 3. The van der Waals surface area contributed by atoms with E-state index in [1.165, 1.54) is 26.0 Å². The van der Waals surface area contributed by atoms with Crippen molar-refractivity contribution in [1.29, 1.82) is 0 Å². The molecule has 1 fully saturated rings. The molecule has 2 atom stereocenters. The van der Waals surface area contributed by atoms with Crippen LogP contribution in [0.5, 0.6) is 0 Å². The SMILES string of the molecule is CC[C@H]1SC2=NC(C)=C(C(=O)OCCOC)[C@H](c3ccc(C(=O)OC)cc3)N2C1=O. The molecule has 30 heavy (non-hydrogen) atoms. The van der Waals surface area contributed by atoms with Crippen LogP contribution in [0, 0.1) is 0 Å². The molecule has 2 aliphatic rings. The highest BCUT2D eigenvalue weighted by atomic mass is 32.2. The number of allylic oxidation sites excluding steroid dienone is 1. The number of hydrogen-bond donors (Lipinski definition) is 0. The van der Waals surface area contributed by atoms with Crippen LogP contribution in [0.25, 0.3) is 0 Å². The van der Waals surface area contributed by atoms with Gasteiger partial charge in [-0.3, -0.25) is 9.69 Å². The minimum Gasteiger partial charge on any atom is -0.465 e. The quantitative estimate of drug-likeness (QED) is 0.483. The average Bonchev–Trinajstić information content (AvgIpc) is 3.07. The summed E-state index contributed by atoms with van der Waals surface area (Å²) in [5, 5.41) is 0.317. The number of hydrogen-bond acceptors (Lipinski definition) is 8. The largest absolute Gasteiger partial charge is 0.465 e. The van der Waals surface area contributed by atoms with E-state index in [-0.39, 0.29) is 24.4 Å². The fourth-order valence-electron chi connectivity index (χ4n) is 3.38. The molecule has 2 heterocycles. The number of esters is 2. The Hall–Kier alpha value is -2.65. The number of methoxy groups -OCH3 is 2. The minimum absolute atomic E-state index is 0.0942. The van der Waals surface area contributed by atoms with Gasteiger partial charge in [-0.1, -0.05) is 30.8 Å². The van der Waals surface area contributed by atoms with Gasteiger partial charge in [0.05, 0.1) is 41.8 Å². The molecule has 9 heteroatoms. The molecule has 0 saturated carbocycles. The third-order valence-corrected chi connectivity index (χ3v) is 6.23. The number of rotatable bonds is 7. The summed E-state index contributed by atoms with van der Waals surface area (Å²) >= 11 is 1.40. The summed E-state index contributed by atoms with van der Waals surface area (Å²) in [7, 11) is 2.83. The van der Waals surface area contributed by atoms with Crippen molar-refractivity contribution in [1.82, 2.24) is 4.90 Å². The maximum atomic E-state index is 13.1. The van der Waals surface area contributed by atoms with Gasteiger partial charge in [-0.15, -0.1) is 0 Å². The van der Waals surface area contributed by atoms with E-state index in [4.69, 9.17) is 14.2 Å². The zero-order chi connectivity index (χ0) is 21.8. The molecule has 0 radical (unpaired) electrons. The van der Waals surface area contributed by atoms with Gasteiger partial charge in [-0.25, -0.2) is 14.6 Å². The molecule has 0 spiro atoms. The summed E-state index contributed by atoms with van der Waals surface area (Å²) in [4.78, 5) is 43.8. The molecule has 8 nitrogen and oxygen atoms in total. The lowest BCUT2D eigenvalue weighted by Gasteiger charge is -2.33. The fourth-order valence-corrected chi connectivity index (χ4v) is 4.51. The van der Waals surface area contributed by atoms with Gasteiger partial charge in [-0.05, 0) is 31.0 Å². The second kappa shape index (κ2) is 9.44. The summed E-state index contributed by atoms with van der Waals surface area (Å²) in [5.74, 6) is -1.11. The molecule has 0 unspecified atom stereocenters. The number of ether oxygens (including phenoxy) is 3. The van der Waals surface area contributed by atoms with Gasteiger partial charge in [0, 0.05) is 7.11 Å². The van der Waals surface area contributed by atoms with Crippen LogP contribution in [-0.4, -0.2) is 60.6 Å². The Labute approximate surface area is 179 Å². The Morgan fingerprint density at radius 1 is 1.13 bits per heavy atom. The Balaban J connectivity index is 2.03. The number of nitrogens with zero attached hydrogens (tertiary/aromatic N) is 2. The molecule has 1 saturated heterocycles. The van der Waals surface area contributed by atoms with Gasteiger partial charge in [0.25, 0.3) is 0 Å². The Bertz CT molecular complexity index is 909. The number of thioether (sulfide) groups is 1. The topological polar surface area (TPSA) is 94.5 Å². The first-order valence-corrected chi connectivity index (χ1v) is 10.4. The van der Waals surface area contributed by atoms with Crippen LogP contribution in [0.15, 0.2) is 40.5 Å². The van der Waals surface area contributed by atoms with Gasteiger partial charge < -0.3 is 14.2 Å². The van der Waals surface area contributed by atoms with Crippen LogP contribution in [-0.2, 0) is 23.8 Å². The first-order chi connectivity index (χ1) is 14.4. The van der Waals surface area contributed by atoms with Crippen molar-refractivity contribution < 1.29 is 28.6 Å². The molecule has 3 rings (SSSR count). The molecule has 0 N–H and O–H groups in total. The standard InChI is InChI=1S/C21H24N2O6S/c1-5-15-18(24)23-17(13-6-8-14(9-7-13)19(25)28-4)16(12(2)22-21(23)30-15)20(26)29-11-10-27-3/h6-9,15,17H,5,10-11H2,1-4H3/t15-,17+/m1/s1. The highest BCUT2D eigenvalue weighted by Crippen LogP contribution is 2.44. The predicted molar refractivity (Wildman–Crippen MR) is 112 cm³/mol. The number of benzene rings is 1. The maximum Gasteiger partial charge on any atom is 0.338 e. The van der Waals surface area contributed by atoms with Crippen molar-refractivity contribution in [2.24, 2.45) is 4.99 Å². The van der Waals surface area contributed by atoms with Crippen LogP contribution in [0.3, 0.4) is 0 Å². The summed E-state index contributed by atoms with van der Waals surface area (Å²) in [5.41, 5.74) is 1.86. The number of aliphatic imine (C=N–C) groups is 1. The van der Waals surface area contributed by atoms with E-state index in [0.717, 1.165) is 0 Å². The second-order valence-corrected chi connectivity index (χ2v) is 7.93. The van der Waals surface area contributed by atoms with Crippen LogP contribution in [0.4, 0.5) is 0 Å². The fraction of sp³-hybridized carbons (Fsp3) is 0.429. The summed E-state index contributed by atoms with van der Waals surface area (Å²) < 4.78 is 15.0. The molecular formula is C21H24N2O6S. The molecule has 1 aromatic rings. The normalized spacial score (nSPS) is 20.7. The predicted octanol–water partition coefficient (Wildman–Crippen LogP) is 2.70. The average molecular weight is 432 g/mol. The van der Waals surface area contributed by atoms with E-state index in [1.54, 1.807) is 36.1 Å². The zero-order valence-corrected chi connectivity index (χ0v) is 18.2. The molecule has 0 bridgehead atoms. The van der Waals surface area contributed by atoms with Crippen molar-refractivity contribution in [3.63, 3.8) is 0 Å². The van der Waals surface area contributed by atoms with Crippen LogP contribution >= 0.6 is 11.8 Å². The summed E-state index contributed by atoms with van der Waals surface area (Å²) in [6, 6.07) is 5.97. The third-order valence-electron chi connectivity index (χ3n) is 4.91. The molecule has 160 valence electrons. The summed E-state index contributed by atoms with van der Waals surface area (Å²) in [6.07, 6.45) is 0.652.